The van der Waals surface area contributed by atoms with Crippen molar-refractivity contribution in [3.8, 4) is 0 Å². The molecule has 3 aliphatic rings. The predicted octanol–water partition coefficient (Wildman–Crippen LogP) is -2.01. The van der Waals surface area contributed by atoms with E-state index >= 15 is 0 Å². The highest BCUT2D eigenvalue weighted by molar-refractivity contribution is 6.40. The van der Waals surface area contributed by atoms with Crippen molar-refractivity contribution < 1.29 is 28.9 Å². The number of aliphatic hydroxyl groups is 2. The van der Waals surface area contributed by atoms with E-state index in [1.54, 1.807) is 0 Å². The third kappa shape index (κ3) is 0.507. The van der Waals surface area contributed by atoms with Crippen LogP contribution in [0.5, 0.6) is 0 Å². The van der Waals surface area contributed by atoms with Crippen LogP contribution in [0.1, 0.15) is 0 Å². The van der Waals surface area contributed by atoms with Crippen LogP contribution in [0.4, 0.5) is 0 Å². The molecule has 0 aromatic rings. The molecule has 3 rings (SSSR count). The van der Waals surface area contributed by atoms with Gasteiger partial charge in [-0.2, -0.15) is 0 Å². The first kappa shape index (κ1) is 6.53. The Bertz CT molecular complexity index is 166. The van der Waals surface area contributed by atoms with Crippen LogP contribution in [0.25, 0.3) is 0 Å². The van der Waals surface area contributed by atoms with Gasteiger partial charge in [0.2, 0.25) is 0 Å². The zero-order chi connectivity index (χ0) is 7.41. The van der Waals surface area contributed by atoms with Gasteiger partial charge in [-0.05, 0) is 0 Å². The molecular weight excluding hydrogens is 143 g/mol. The Balaban J connectivity index is 2.25. The lowest BCUT2D eigenvalue weighted by molar-refractivity contribution is -0.465. The first-order valence-corrected chi connectivity index (χ1v) is 2.63. The summed E-state index contributed by atoms with van der Waals surface area (Å²) in [6, 6.07) is 0. The molecule has 1 atom stereocenters. The summed E-state index contributed by atoms with van der Waals surface area (Å²) in [5.41, 5.74) is 0. The molecule has 2 bridgehead atoms. The third-order valence-corrected chi connectivity index (χ3v) is 1.44. The lowest BCUT2D eigenvalue weighted by Gasteiger charge is -2.33. The van der Waals surface area contributed by atoms with Gasteiger partial charge in [0.1, 0.15) is 0 Å². The van der Waals surface area contributed by atoms with Gasteiger partial charge < -0.3 is 28.9 Å². The maximum absolute atomic E-state index is 9.12. The normalized spacial score (nSPS) is 51.3. The van der Waals surface area contributed by atoms with E-state index in [1.807, 2.05) is 0 Å². The molecular formula is C3H5BO6. The van der Waals surface area contributed by atoms with E-state index < -0.39 is 19.3 Å². The molecule has 7 heteroatoms. The molecule has 3 heterocycles. The highest BCUT2D eigenvalue weighted by Gasteiger charge is 2.77. The van der Waals surface area contributed by atoms with Gasteiger partial charge in [-0.3, -0.25) is 0 Å². The van der Waals surface area contributed by atoms with Crippen molar-refractivity contribution in [3.63, 3.8) is 0 Å². The zero-order valence-corrected chi connectivity index (χ0v) is 5.10. The van der Waals surface area contributed by atoms with E-state index in [4.69, 9.17) is 10.2 Å². The molecule has 0 aromatic heterocycles. The maximum Gasteiger partial charge on any atom is 0.651 e. The average molecular weight is 148 g/mol. The Morgan fingerprint density at radius 3 is 2.10 bits per heavy atom. The van der Waals surface area contributed by atoms with Crippen LogP contribution in [0.15, 0.2) is 0 Å². The van der Waals surface area contributed by atoms with Crippen molar-refractivity contribution in [2.24, 2.45) is 0 Å². The molecule has 3 fully saturated rings. The van der Waals surface area contributed by atoms with E-state index in [0.29, 0.717) is 0 Å². The van der Waals surface area contributed by atoms with Gasteiger partial charge in [0, 0.05) is 7.11 Å². The van der Waals surface area contributed by atoms with Crippen molar-refractivity contribution in [1.82, 2.24) is 0 Å². The molecule has 0 spiro atoms. The Hall–Kier alpha value is -0.175. The van der Waals surface area contributed by atoms with E-state index in [2.05, 4.69) is 18.7 Å². The van der Waals surface area contributed by atoms with E-state index in [9.17, 15) is 0 Å². The number of ether oxygens (including phenoxy) is 1. The van der Waals surface area contributed by atoms with Gasteiger partial charge in [-0.1, -0.05) is 0 Å². The molecule has 3 aliphatic heterocycles. The molecule has 0 amide bonds. The number of hydrogen-bond acceptors (Lipinski definition) is 6. The molecule has 56 valence electrons. The van der Waals surface area contributed by atoms with Crippen LogP contribution in [-0.4, -0.2) is 36.6 Å². The van der Waals surface area contributed by atoms with Gasteiger partial charge in [0.15, 0.2) is 0 Å². The van der Waals surface area contributed by atoms with Crippen molar-refractivity contribution in [1.29, 1.82) is 0 Å². The zero-order valence-electron chi connectivity index (χ0n) is 5.10. The highest BCUT2D eigenvalue weighted by Crippen LogP contribution is 2.44. The maximum atomic E-state index is 9.12. The summed E-state index contributed by atoms with van der Waals surface area (Å²) < 4.78 is 17.9. The largest absolute Gasteiger partial charge is 0.651 e. The van der Waals surface area contributed by atoms with Gasteiger partial charge in [-0.15, -0.1) is 0 Å². The fraction of sp³-hybridized carbons (Fsp3) is 1.00. The summed E-state index contributed by atoms with van der Waals surface area (Å²) in [7, 11) is 0.140. The number of rotatable bonds is 1. The Labute approximate surface area is 56.4 Å². The predicted molar refractivity (Wildman–Crippen MR) is 25.9 cm³/mol. The van der Waals surface area contributed by atoms with Gasteiger partial charge >= 0.3 is 19.3 Å². The minimum absolute atomic E-state index is 1.02. The second-order valence-electron chi connectivity index (χ2n) is 2.01. The molecule has 10 heavy (non-hydrogen) atoms. The average Bonchev–Trinajstić information content (AvgIpc) is 2.17. The summed E-state index contributed by atoms with van der Waals surface area (Å²) in [6.45, 7) is 0. The van der Waals surface area contributed by atoms with Gasteiger partial charge in [0.25, 0.3) is 0 Å². The molecule has 6 nitrogen and oxygen atoms in total. The third-order valence-electron chi connectivity index (χ3n) is 1.44. The molecule has 2 N–H and O–H groups in total. The minimum atomic E-state index is -2.18. The van der Waals surface area contributed by atoms with Crippen LogP contribution >= 0.6 is 0 Å². The van der Waals surface area contributed by atoms with Crippen LogP contribution in [0, 0.1) is 0 Å². The molecule has 0 saturated carbocycles. The van der Waals surface area contributed by atoms with E-state index in [-0.39, 0.29) is 0 Å². The first-order chi connectivity index (χ1) is 4.60. The molecule has 3 saturated heterocycles. The van der Waals surface area contributed by atoms with Crippen molar-refractivity contribution >= 4 is 7.32 Å². The Morgan fingerprint density at radius 1 is 1.30 bits per heavy atom. The minimum Gasteiger partial charge on any atom is -0.339 e. The van der Waals surface area contributed by atoms with E-state index in [0.717, 1.165) is 7.11 Å². The monoisotopic (exact) mass is 148 g/mol. The summed E-state index contributed by atoms with van der Waals surface area (Å²) in [5, 5.41) is 18.2. The van der Waals surface area contributed by atoms with Crippen LogP contribution in [0.3, 0.4) is 0 Å². The summed E-state index contributed by atoms with van der Waals surface area (Å²) in [6.07, 6.45) is 0. The fourth-order valence-electron chi connectivity index (χ4n) is 0.849. The number of methoxy groups -OCH3 is 1. The molecule has 0 radical (unpaired) electrons. The van der Waals surface area contributed by atoms with Crippen LogP contribution in [-0.2, 0) is 18.7 Å². The highest BCUT2D eigenvalue weighted by atomic mass is 17.1. The fourth-order valence-corrected chi connectivity index (χ4v) is 0.849. The summed E-state index contributed by atoms with van der Waals surface area (Å²) in [4.78, 5) is 0. The second kappa shape index (κ2) is 1.52. The molecule has 1 unspecified atom stereocenters. The van der Waals surface area contributed by atoms with Crippen molar-refractivity contribution in [2.45, 2.75) is 11.9 Å². The quantitative estimate of drug-likeness (QED) is 0.330. The Morgan fingerprint density at radius 2 is 1.90 bits per heavy atom. The molecule has 0 aliphatic carbocycles. The Kier molecular flexibility index (Phi) is 0.996. The summed E-state index contributed by atoms with van der Waals surface area (Å²) in [5.74, 6) is -4.33. The number of hydrogen-bond donors (Lipinski definition) is 2. The van der Waals surface area contributed by atoms with Crippen LogP contribution in [0.2, 0.25) is 0 Å². The van der Waals surface area contributed by atoms with Gasteiger partial charge in [0.05, 0.1) is 0 Å². The molecule has 0 aromatic carbocycles. The van der Waals surface area contributed by atoms with E-state index in [1.165, 1.54) is 0 Å². The standard InChI is InChI=1S/C3H5BO6/c1-7-2(5)3(6)9-4(8-2)10-3/h5-6H,1H3. The van der Waals surface area contributed by atoms with Gasteiger partial charge in [-0.25, -0.2) is 0 Å². The number of fused-ring (bicyclic) bond motifs is 1. The van der Waals surface area contributed by atoms with Crippen LogP contribution < -0.4 is 0 Å². The smallest absolute Gasteiger partial charge is 0.339 e. The summed E-state index contributed by atoms with van der Waals surface area (Å²) >= 11 is 0. The first-order valence-electron chi connectivity index (χ1n) is 2.63. The van der Waals surface area contributed by atoms with Crippen molar-refractivity contribution in [2.75, 3.05) is 7.11 Å². The lowest BCUT2D eigenvalue weighted by atomic mass is 10.2. The second-order valence-corrected chi connectivity index (χ2v) is 2.01. The lowest BCUT2D eigenvalue weighted by Crippen LogP contribution is -2.58. The SMILES string of the molecule is COC1(O)OB2OC1(O)O2. The topological polar surface area (TPSA) is 77.4 Å². The van der Waals surface area contributed by atoms with Crippen molar-refractivity contribution in [3.05, 3.63) is 0 Å².